The molecule has 0 unspecified atom stereocenters. The van der Waals surface area contributed by atoms with E-state index in [1.54, 1.807) is 13.0 Å². The minimum absolute atomic E-state index is 0.224. The topological polar surface area (TPSA) is 85.4 Å². The predicted octanol–water partition coefficient (Wildman–Crippen LogP) is 3.80. The van der Waals surface area contributed by atoms with Crippen LogP contribution in [0.1, 0.15) is 33.0 Å². The fourth-order valence-electron chi connectivity index (χ4n) is 3.27. The lowest BCUT2D eigenvalue weighted by atomic mass is 10.1. The van der Waals surface area contributed by atoms with Gasteiger partial charge in [0.05, 0.1) is 0 Å². The number of fused-ring (bicyclic) bond motifs is 1. The van der Waals surface area contributed by atoms with Gasteiger partial charge in [0.25, 0.3) is 5.91 Å². The third-order valence-electron chi connectivity index (χ3n) is 4.45. The Balaban J connectivity index is 1.47. The van der Waals surface area contributed by atoms with Gasteiger partial charge in [0, 0.05) is 18.3 Å². The largest absolute Gasteiger partial charge is 0.454 e. The van der Waals surface area contributed by atoms with E-state index in [1.807, 2.05) is 44.2 Å². The van der Waals surface area contributed by atoms with Crippen LogP contribution in [0.4, 0.5) is 11.5 Å². The molecular weight excluding hydrogens is 368 g/mol. The van der Waals surface area contributed by atoms with Crippen molar-refractivity contribution in [2.24, 2.45) is 0 Å². The molecule has 7 nitrogen and oxygen atoms in total. The highest BCUT2D eigenvalue weighted by molar-refractivity contribution is 5.93. The lowest BCUT2D eigenvalue weighted by Gasteiger charge is -2.11. The average molecular weight is 390 g/mol. The predicted molar refractivity (Wildman–Crippen MR) is 110 cm³/mol. The zero-order valence-electron chi connectivity index (χ0n) is 16.6. The Hall–Kier alpha value is -3.61. The molecule has 2 N–H and O–H groups in total. The molecule has 0 fully saturated rings. The highest BCUT2D eigenvalue weighted by Crippen LogP contribution is 2.32. The molecule has 148 valence electrons. The van der Waals surface area contributed by atoms with Crippen LogP contribution in [0.3, 0.4) is 0 Å². The molecule has 7 heteroatoms. The number of benzene rings is 2. The van der Waals surface area contributed by atoms with Crippen molar-refractivity contribution in [3.63, 3.8) is 0 Å². The Labute approximate surface area is 169 Å². The zero-order valence-corrected chi connectivity index (χ0v) is 16.6. The van der Waals surface area contributed by atoms with Crippen LogP contribution >= 0.6 is 0 Å². The Morgan fingerprint density at radius 2 is 1.72 bits per heavy atom. The second-order valence-corrected chi connectivity index (χ2v) is 7.06. The number of nitrogens with one attached hydrogen (secondary N) is 2. The van der Waals surface area contributed by atoms with Gasteiger partial charge in [0.1, 0.15) is 17.3 Å². The fraction of sp³-hybridized carbons (Fsp3) is 0.227. The third kappa shape index (κ3) is 4.45. The molecule has 0 aliphatic carbocycles. The average Bonchev–Trinajstić information content (AvgIpc) is 3.12. The smallest absolute Gasteiger partial charge is 0.270 e. The molecule has 1 amide bonds. The second-order valence-electron chi connectivity index (χ2n) is 7.06. The maximum absolute atomic E-state index is 12.6. The summed E-state index contributed by atoms with van der Waals surface area (Å²) in [6.07, 6.45) is 0. The minimum atomic E-state index is -0.267. The normalized spacial score (nSPS) is 12.0. The number of anilines is 2. The Morgan fingerprint density at radius 1 is 0.966 bits per heavy atom. The molecule has 3 aromatic rings. The summed E-state index contributed by atoms with van der Waals surface area (Å²) >= 11 is 0. The van der Waals surface area contributed by atoms with Crippen LogP contribution in [0.2, 0.25) is 0 Å². The summed E-state index contributed by atoms with van der Waals surface area (Å²) in [6, 6.07) is 13.4. The zero-order chi connectivity index (χ0) is 20.4. The van der Waals surface area contributed by atoms with Crippen LogP contribution in [0, 0.1) is 20.8 Å². The second kappa shape index (κ2) is 7.79. The third-order valence-corrected chi connectivity index (χ3v) is 4.45. The summed E-state index contributed by atoms with van der Waals surface area (Å²) in [6.45, 7) is 6.43. The molecule has 1 aromatic heterocycles. The van der Waals surface area contributed by atoms with Gasteiger partial charge in [-0.25, -0.2) is 9.97 Å². The van der Waals surface area contributed by atoms with E-state index in [0.29, 0.717) is 35.4 Å². The van der Waals surface area contributed by atoms with Crippen molar-refractivity contribution in [2.45, 2.75) is 27.3 Å². The van der Waals surface area contributed by atoms with E-state index >= 15 is 0 Å². The van der Waals surface area contributed by atoms with E-state index in [1.165, 1.54) is 0 Å². The van der Waals surface area contributed by atoms with Crippen LogP contribution in [-0.4, -0.2) is 22.7 Å². The van der Waals surface area contributed by atoms with Gasteiger partial charge in [-0.1, -0.05) is 12.1 Å². The molecule has 2 heterocycles. The molecule has 29 heavy (non-hydrogen) atoms. The molecule has 0 saturated carbocycles. The molecule has 0 atom stereocenters. The van der Waals surface area contributed by atoms with E-state index in [-0.39, 0.29) is 12.7 Å². The number of carbonyl (C=O) groups is 1. The van der Waals surface area contributed by atoms with Crippen LogP contribution < -0.4 is 20.1 Å². The maximum Gasteiger partial charge on any atom is 0.270 e. The molecule has 4 rings (SSSR count). The number of rotatable bonds is 5. The van der Waals surface area contributed by atoms with Crippen molar-refractivity contribution in [3.8, 4) is 11.5 Å². The first-order valence-corrected chi connectivity index (χ1v) is 9.34. The molecule has 0 saturated heterocycles. The van der Waals surface area contributed by atoms with Crippen LogP contribution in [0.5, 0.6) is 11.5 Å². The fourth-order valence-corrected chi connectivity index (χ4v) is 3.27. The van der Waals surface area contributed by atoms with Crippen molar-refractivity contribution in [1.29, 1.82) is 0 Å². The van der Waals surface area contributed by atoms with Crippen molar-refractivity contribution < 1.29 is 14.3 Å². The number of aromatic nitrogens is 2. The number of hydrogen-bond donors (Lipinski definition) is 2. The molecule has 0 spiro atoms. The first kappa shape index (κ1) is 18.7. The number of carbonyl (C=O) groups excluding carboxylic acids is 1. The standard InChI is InChI=1S/C22H22N4O3/c1-13-6-14(2)8-17(7-13)26-21-10-18(24-15(3)25-21)22(27)23-11-16-4-5-19-20(9-16)29-12-28-19/h4-10H,11-12H2,1-3H3,(H,23,27)(H,24,25,26). The lowest BCUT2D eigenvalue weighted by molar-refractivity contribution is 0.0945. The summed E-state index contributed by atoms with van der Waals surface area (Å²) in [4.78, 5) is 21.3. The van der Waals surface area contributed by atoms with E-state index in [9.17, 15) is 4.79 Å². The molecule has 0 radical (unpaired) electrons. The highest BCUT2D eigenvalue weighted by Gasteiger charge is 2.15. The van der Waals surface area contributed by atoms with Gasteiger partial charge in [0.2, 0.25) is 6.79 Å². The van der Waals surface area contributed by atoms with Crippen molar-refractivity contribution >= 4 is 17.4 Å². The monoisotopic (exact) mass is 390 g/mol. The molecule has 2 aromatic carbocycles. The minimum Gasteiger partial charge on any atom is -0.454 e. The maximum atomic E-state index is 12.6. The van der Waals surface area contributed by atoms with Gasteiger partial charge in [0.15, 0.2) is 11.5 Å². The number of ether oxygens (including phenoxy) is 2. The SMILES string of the molecule is Cc1cc(C)cc(Nc2cc(C(=O)NCc3ccc4c(c3)OCO4)nc(C)n2)c1. The Bertz CT molecular complexity index is 1060. The Morgan fingerprint density at radius 3 is 2.52 bits per heavy atom. The van der Waals surface area contributed by atoms with Gasteiger partial charge in [-0.05, 0) is 61.7 Å². The summed E-state index contributed by atoms with van der Waals surface area (Å²) in [5.74, 6) is 2.24. The summed E-state index contributed by atoms with van der Waals surface area (Å²) in [5.41, 5.74) is 4.46. The molecule has 1 aliphatic heterocycles. The van der Waals surface area contributed by atoms with Gasteiger partial charge >= 0.3 is 0 Å². The van der Waals surface area contributed by atoms with Gasteiger partial charge < -0.3 is 20.1 Å². The van der Waals surface area contributed by atoms with Gasteiger partial charge in [-0.15, -0.1) is 0 Å². The van der Waals surface area contributed by atoms with Gasteiger partial charge in [-0.3, -0.25) is 4.79 Å². The first-order valence-electron chi connectivity index (χ1n) is 9.34. The van der Waals surface area contributed by atoms with Gasteiger partial charge in [-0.2, -0.15) is 0 Å². The molecule has 0 bridgehead atoms. The van der Waals surface area contributed by atoms with Crippen LogP contribution in [0.15, 0.2) is 42.5 Å². The van der Waals surface area contributed by atoms with Crippen LogP contribution in [0.25, 0.3) is 0 Å². The summed E-state index contributed by atoms with van der Waals surface area (Å²) in [5, 5.41) is 6.15. The summed E-state index contributed by atoms with van der Waals surface area (Å²) in [7, 11) is 0. The quantitative estimate of drug-likeness (QED) is 0.689. The van der Waals surface area contributed by atoms with Crippen LogP contribution in [-0.2, 0) is 6.54 Å². The lowest BCUT2D eigenvalue weighted by Crippen LogP contribution is -2.24. The highest BCUT2D eigenvalue weighted by atomic mass is 16.7. The van der Waals surface area contributed by atoms with E-state index in [4.69, 9.17) is 9.47 Å². The summed E-state index contributed by atoms with van der Waals surface area (Å²) < 4.78 is 10.7. The number of nitrogens with zero attached hydrogens (tertiary/aromatic N) is 2. The number of aryl methyl sites for hydroxylation is 3. The van der Waals surface area contributed by atoms with Crippen molar-refractivity contribution in [1.82, 2.24) is 15.3 Å². The van der Waals surface area contributed by atoms with E-state index in [0.717, 1.165) is 22.4 Å². The van der Waals surface area contributed by atoms with E-state index < -0.39 is 0 Å². The number of hydrogen-bond acceptors (Lipinski definition) is 6. The first-order chi connectivity index (χ1) is 14.0. The molecular formula is C22H22N4O3. The molecule has 1 aliphatic rings. The Kier molecular flexibility index (Phi) is 5.03. The number of amides is 1. The van der Waals surface area contributed by atoms with E-state index in [2.05, 4.69) is 26.7 Å². The van der Waals surface area contributed by atoms with Crippen molar-refractivity contribution in [2.75, 3.05) is 12.1 Å². The van der Waals surface area contributed by atoms with Crippen molar-refractivity contribution in [3.05, 3.63) is 70.7 Å².